The summed E-state index contributed by atoms with van der Waals surface area (Å²) in [5.41, 5.74) is 9.96. The Morgan fingerprint density at radius 3 is 2.55 bits per heavy atom. The van der Waals surface area contributed by atoms with Crippen molar-refractivity contribution in [1.82, 2.24) is 10.2 Å². The SMILES string of the molecule is CC1(C)CCC(c2ccccc2-c2cc(N)n[nH]2)CC1. The number of aromatic nitrogens is 2. The highest BCUT2D eigenvalue weighted by molar-refractivity contribution is 5.66. The maximum Gasteiger partial charge on any atom is 0.145 e. The van der Waals surface area contributed by atoms with Crippen molar-refractivity contribution in [3.05, 3.63) is 35.9 Å². The zero-order chi connectivity index (χ0) is 14.2. The summed E-state index contributed by atoms with van der Waals surface area (Å²) in [6, 6.07) is 10.6. The fourth-order valence-electron chi connectivity index (χ4n) is 3.28. The van der Waals surface area contributed by atoms with Crippen molar-refractivity contribution in [3.8, 4) is 11.3 Å². The number of nitrogens with one attached hydrogen (secondary N) is 1. The van der Waals surface area contributed by atoms with Gasteiger partial charge >= 0.3 is 0 Å². The lowest BCUT2D eigenvalue weighted by Crippen LogP contribution is -2.20. The van der Waals surface area contributed by atoms with Gasteiger partial charge in [-0.05, 0) is 42.6 Å². The second-order valence-corrected chi connectivity index (χ2v) is 6.73. The molecule has 0 spiro atoms. The Kier molecular flexibility index (Phi) is 3.28. The normalized spacial score (nSPS) is 19.1. The summed E-state index contributed by atoms with van der Waals surface area (Å²) >= 11 is 0. The Hall–Kier alpha value is -1.77. The van der Waals surface area contributed by atoms with Gasteiger partial charge in [0.05, 0.1) is 5.69 Å². The molecule has 1 saturated carbocycles. The lowest BCUT2D eigenvalue weighted by molar-refractivity contribution is 0.224. The number of nitrogens with zero attached hydrogens (tertiary/aromatic N) is 1. The predicted octanol–water partition coefficient (Wildman–Crippen LogP) is 4.34. The molecular formula is C17H23N3. The molecule has 0 radical (unpaired) electrons. The maximum absolute atomic E-state index is 5.74. The molecule has 3 N–H and O–H groups in total. The lowest BCUT2D eigenvalue weighted by Gasteiger charge is -2.35. The van der Waals surface area contributed by atoms with Gasteiger partial charge < -0.3 is 5.73 Å². The molecule has 2 aromatic rings. The molecule has 1 aliphatic carbocycles. The highest BCUT2D eigenvalue weighted by Gasteiger charge is 2.28. The highest BCUT2D eigenvalue weighted by atomic mass is 15.2. The number of anilines is 1. The third kappa shape index (κ3) is 2.58. The number of nitrogens with two attached hydrogens (primary N) is 1. The van der Waals surface area contributed by atoms with Crippen molar-refractivity contribution < 1.29 is 0 Å². The van der Waals surface area contributed by atoms with Gasteiger partial charge in [0.15, 0.2) is 0 Å². The average Bonchev–Trinajstić information content (AvgIpc) is 2.85. The van der Waals surface area contributed by atoms with Gasteiger partial charge in [-0.1, -0.05) is 38.1 Å². The van der Waals surface area contributed by atoms with Gasteiger partial charge in [-0.25, -0.2) is 0 Å². The van der Waals surface area contributed by atoms with Crippen molar-refractivity contribution in [2.75, 3.05) is 5.73 Å². The molecule has 1 aliphatic rings. The summed E-state index contributed by atoms with van der Waals surface area (Å²) in [5, 5.41) is 7.10. The first kappa shape index (κ1) is 13.2. The van der Waals surface area contributed by atoms with Crippen LogP contribution in [-0.4, -0.2) is 10.2 Å². The van der Waals surface area contributed by atoms with Crippen molar-refractivity contribution in [1.29, 1.82) is 0 Å². The molecule has 20 heavy (non-hydrogen) atoms. The quantitative estimate of drug-likeness (QED) is 0.852. The number of hydrogen-bond acceptors (Lipinski definition) is 2. The van der Waals surface area contributed by atoms with Gasteiger partial charge in [0, 0.05) is 11.6 Å². The molecule has 0 atom stereocenters. The monoisotopic (exact) mass is 269 g/mol. The van der Waals surface area contributed by atoms with Crippen LogP contribution < -0.4 is 5.73 Å². The minimum atomic E-state index is 0.504. The van der Waals surface area contributed by atoms with Crippen LogP contribution in [0.25, 0.3) is 11.3 Å². The second-order valence-electron chi connectivity index (χ2n) is 6.73. The molecule has 0 aliphatic heterocycles. The molecule has 0 saturated heterocycles. The van der Waals surface area contributed by atoms with E-state index in [9.17, 15) is 0 Å². The second kappa shape index (κ2) is 4.97. The molecule has 3 nitrogen and oxygen atoms in total. The molecule has 1 fully saturated rings. The Morgan fingerprint density at radius 1 is 1.20 bits per heavy atom. The number of benzene rings is 1. The van der Waals surface area contributed by atoms with Crippen molar-refractivity contribution in [3.63, 3.8) is 0 Å². The van der Waals surface area contributed by atoms with Crippen LogP contribution in [0.5, 0.6) is 0 Å². The zero-order valence-corrected chi connectivity index (χ0v) is 12.3. The van der Waals surface area contributed by atoms with Gasteiger partial charge in [-0.2, -0.15) is 5.10 Å². The number of hydrogen-bond donors (Lipinski definition) is 2. The van der Waals surface area contributed by atoms with Crippen LogP contribution in [0.3, 0.4) is 0 Å². The first-order chi connectivity index (χ1) is 9.55. The van der Waals surface area contributed by atoms with Crippen molar-refractivity contribution in [2.24, 2.45) is 5.41 Å². The smallest absolute Gasteiger partial charge is 0.145 e. The largest absolute Gasteiger partial charge is 0.382 e. The molecule has 0 bridgehead atoms. The zero-order valence-electron chi connectivity index (χ0n) is 12.3. The lowest BCUT2D eigenvalue weighted by atomic mass is 9.70. The van der Waals surface area contributed by atoms with Gasteiger partial charge in [-0.15, -0.1) is 0 Å². The first-order valence-electron chi connectivity index (χ1n) is 7.45. The topological polar surface area (TPSA) is 54.7 Å². The summed E-state index contributed by atoms with van der Waals surface area (Å²) in [5.74, 6) is 1.21. The van der Waals surface area contributed by atoms with E-state index in [0.29, 0.717) is 17.2 Å². The molecule has 0 unspecified atom stereocenters. The minimum Gasteiger partial charge on any atom is -0.382 e. The third-order valence-electron chi connectivity index (χ3n) is 4.63. The van der Waals surface area contributed by atoms with Gasteiger partial charge in [0.2, 0.25) is 0 Å². The molecule has 0 amide bonds. The van der Waals surface area contributed by atoms with Gasteiger partial charge in [-0.3, -0.25) is 5.10 Å². The first-order valence-corrected chi connectivity index (χ1v) is 7.45. The molecule has 1 aromatic heterocycles. The van der Waals surface area contributed by atoms with E-state index in [-0.39, 0.29) is 0 Å². The number of aromatic amines is 1. The fourth-order valence-corrected chi connectivity index (χ4v) is 3.28. The van der Waals surface area contributed by atoms with Gasteiger partial charge in [0.1, 0.15) is 5.82 Å². The van der Waals surface area contributed by atoms with Crippen LogP contribution in [0, 0.1) is 5.41 Å². The summed E-state index contributed by atoms with van der Waals surface area (Å²) in [4.78, 5) is 0. The van der Waals surface area contributed by atoms with E-state index in [1.54, 1.807) is 0 Å². The van der Waals surface area contributed by atoms with Gasteiger partial charge in [0.25, 0.3) is 0 Å². The van der Waals surface area contributed by atoms with Crippen molar-refractivity contribution in [2.45, 2.75) is 45.4 Å². The van der Waals surface area contributed by atoms with E-state index >= 15 is 0 Å². The Labute approximate surface area is 120 Å². The van der Waals surface area contributed by atoms with E-state index in [1.807, 2.05) is 6.07 Å². The predicted molar refractivity (Wildman–Crippen MR) is 83.4 cm³/mol. The van der Waals surface area contributed by atoms with Crippen LogP contribution in [0.1, 0.15) is 51.0 Å². The summed E-state index contributed by atoms with van der Waals surface area (Å²) < 4.78 is 0. The third-order valence-corrected chi connectivity index (χ3v) is 4.63. The average molecular weight is 269 g/mol. The number of H-pyrrole nitrogens is 1. The minimum absolute atomic E-state index is 0.504. The van der Waals surface area contributed by atoms with Crippen molar-refractivity contribution >= 4 is 5.82 Å². The summed E-state index contributed by atoms with van der Waals surface area (Å²) in [6.45, 7) is 4.76. The fraction of sp³-hybridized carbons (Fsp3) is 0.471. The summed E-state index contributed by atoms with van der Waals surface area (Å²) in [7, 11) is 0. The van der Waals surface area contributed by atoms with Crippen LogP contribution in [0.2, 0.25) is 0 Å². The van der Waals surface area contributed by atoms with E-state index in [1.165, 1.54) is 36.8 Å². The van der Waals surface area contributed by atoms with E-state index in [2.05, 4.69) is 48.3 Å². The Morgan fingerprint density at radius 2 is 1.90 bits per heavy atom. The Balaban J connectivity index is 1.91. The van der Waals surface area contributed by atoms with Crippen LogP contribution in [0.4, 0.5) is 5.82 Å². The molecular weight excluding hydrogens is 246 g/mol. The molecule has 3 heteroatoms. The molecule has 3 rings (SSSR count). The highest BCUT2D eigenvalue weighted by Crippen LogP contribution is 2.44. The maximum atomic E-state index is 5.74. The Bertz CT molecular complexity index is 588. The van der Waals surface area contributed by atoms with E-state index < -0.39 is 0 Å². The van der Waals surface area contributed by atoms with Crippen LogP contribution in [0.15, 0.2) is 30.3 Å². The molecule has 1 aromatic carbocycles. The van der Waals surface area contributed by atoms with E-state index in [4.69, 9.17) is 5.73 Å². The summed E-state index contributed by atoms with van der Waals surface area (Å²) in [6.07, 6.45) is 5.15. The molecule has 1 heterocycles. The standard InChI is InChI=1S/C17H23N3/c1-17(2)9-7-12(8-10-17)13-5-3-4-6-14(13)15-11-16(18)20-19-15/h3-6,11-12H,7-10H2,1-2H3,(H3,18,19,20). The van der Waals surface area contributed by atoms with Crippen LogP contribution in [-0.2, 0) is 0 Å². The van der Waals surface area contributed by atoms with E-state index in [0.717, 1.165) is 5.69 Å². The van der Waals surface area contributed by atoms with Crippen LogP contribution >= 0.6 is 0 Å². The number of rotatable bonds is 2. The number of nitrogen functional groups attached to an aromatic ring is 1. The molecule has 106 valence electrons.